The fourth-order valence-corrected chi connectivity index (χ4v) is 2.20. The molecule has 1 N–H and O–H groups in total. The lowest BCUT2D eigenvalue weighted by Gasteiger charge is -2.28. The van der Waals surface area contributed by atoms with Crippen molar-refractivity contribution in [1.82, 2.24) is 9.88 Å². The van der Waals surface area contributed by atoms with Crippen molar-refractivity contribution in [3.63, 3.8) is 0 Å². The number of carbonyl (C=O) groups excluding carboxylic acids is 1. The summed E-state index contributed by atoms with van der Waals surface area (Å²) in [5, 5.41) is 0. The van der Waals surface area contributed by atoms with E-state index in [9.17, 15) is 14.0 Å². The summed E-state index contributed by atoms with van der Waals surface area (Å²) >= 11 is 0. The molecule has 0 aliphatic heterocycles. The van der Waals surface area contributed by atoms with Crippen LogP contribution < -0.4 is 5.56 Å². The summed E-state index contributed by atoms with van der Waals surface area (Å²) in [7, 11) is 0. The van der Waals surface area contributed by atoms with Gasteiger partial charge in [-0.1, -0.05) is 25.1 Å². The first-order valence-electron chi connectivity index (χ1n) is 7.26. The first kappa shape index (κ1) is 15.9. The molecule has 0 fully saturated rings. The molecule has 5 heteroatoms. The summed E-state index contributed by atoms with van der Waals surface area (Å²) in [5.41, 5.74) is 0.0667. The van der Waals surface area contributed by atoms with Crippen LogP contribution in [0.3, 0.4) is 0 Å². The van der Waals surface area contributed by atoms with Gasteiger partial charge in [-0.05, 0) is 31.5 Å². The zero-order valence-corrected chi connectivity index (χ0v) is 12.7. The highest BCUT2D eigenvalue weighted by molar-refractivity contribution is 5.94. The van der Waals surface area contributed by atoms with Crippen LogP contribution in [-0.4, -0.2) is 21.8 Å². The van der Waals surface area contributed by atoms with Gasteiger partial charge in [0.15, 0.2) is 0 Å². The van der Waals surface area contributed by atoms with Gasteiger partial charge in [-0.3, -0.25) is 9.59 Å². The van der Waals surface area contributed by atoms with Crippen LogP contribution >= 0.6 is 0 Å². The van der Waals surface area contributed by atoms with Crippen molar-refractivity contribution in [2.45, 2.75) is 32.9 Å². The normalized spacial score (nSPS) is 12.0. The van der Waals surface area contributed by atoms with Crippen molar-refractivity contribution in [2.75, 3.05) is 0 Å². The lowest BCUT2D eigenvalue weighted by molar-refractivity contribution is 0.0667. The molecule has 1 heterocycles. The summed E-state index contributed by atoms with van der Waals surface area (Å²) in [4.78, 5) is 28.5. The Morgan fingerprint density at radius 1 is 1.27 bits per heavy atom. The van der Waals surface area contributed by atoms with Gasteiger partial charge in [0.25, 0.3) is 11.5 Å². The van der Waals surface area contributed by atoms with Gasteiger partial charge in [0.1, 0.15) is 11.4 Å². The van der Waals surface area contributed by atoms with Gasteiger partial charge >= 0.3 is 0 Å². The molecule has 116 valence electrons. The van der Waals surface area contributed by atoms with Crippen LogP contribution in [0.4, 0.5) is 4.39 Å². The molecule has 1 aromatic carbocycles. The highest BCUT2D eigenvalue weighted by atomic mass is 19.1. The van der Waals surface area contributed by atoms with Crippen LogP contribution in [0.5, 0.6) is 0 Å². The number of hydrogen-bond donors (Lipinski definition) is 1. The van der Waals surface area contributed by atoms with Crippen LogP contribution in [-0.2, 0) is 6.54 Å². The number of pyridine rings is 1. The number of aromatic nitrogens is 1. The second-order valence-electron chi connectivity index (χ2n) is 5.19. The molecule has 2 aromatic rings. The predicted molar refractivity (Wildman–Crippen MR) is 83.1 cm³/mol. The maximum atomic E-state index is 13.9. The standard InChI is InChI=1S/C17H19FN2O2/c1-3-12(2)20(11-13-7-4-5-9-15(13)18)17(22)14-8-6-10-19-16(14)21/h4-10,12H,3,11H2,1-2H3,(H,19,21)/t12-/m1/s1. The van der Waals surface area contributed by atoms with Gasteiger partial charge < -0.3 is 9.88 Å². The summed E-state index contributed by atoms with van der Waals surface area (Å²) in [5.74, 6) is -0.745. The minimum atomic E-state index is -0.436. The molecular weight excluding hydrogens is 283 g/mol. The zero-order chi connectivity index (χ0) is 16.1. The number of carbonyl (C=O) groups is 1. The van der Waals surface area contributed by atoms with E-state index in [1.165, 1.54) is 23.2 Å². The molecule has 0 saturated heterocycles. The SMILES string of the molecule is CC[C@@H](C)N(Cc1ccccc1F)C(=O)c1ccc[nH]c1=O. The Balaban J connectivity index is 2.35. The van der Waals surface area contributed by atoms with Gasteiger partial charge in [0.05, 0.1) is 0 Å². The van der Waals surface area contributed by atoms with E-state index < -0.39 is 5.56 Å². The lowest BCUT2D eigenvalue weighted by atomic mass is 10.1. The molecule has 0 saturated carbocycles. The number of rotatable bonds is 5. The van der Waals surface area contributed by atoms with E-state index in [4.69, 9.17) is 0 Å². The van der Waals surface area contributed by atoms with E-state index in [0.29, 0.717) is 12.0 Å². The van der Waals surface area contributed by atoms with E-state index in [-0.39, 0.29) is 29.9 Å². The van der Waals surface area contributed by atoms with Crippen LogP contribution in [0.25, 0.3) is 0 Å². The molecule has 0 spiro atoms. The molecule has 2 rings (SSSR count). The van der Waals surface area contributed by atoms with Gasteiger partial charge in [-0.25, -0.2) is 4.39 Å². The zero-order valence-electron chi connectivity index (χ0n) is 12.7. The highest BCUT2D eigenvalue weighted by Crippen LogP contribution is 2.16. The van der Waals surface area contributed by atoms with Crippen molar-refractivity contribution in [1.29, 1.82) is 0 Å². The summed E-state index contributed by atoms with van der Waals surface area (Å²) in [6.07, 6.45) is 2.19. The molecule has 1 aromatic heterocycles. The minimum Gasteiger partial charge on any atom is -0.331 e. The number of nitrogens with zero attached hydrogens (tertiary/aromatic N) is 1. The average Bonchev–Trinajstić information content (AvgIpc) is 2.53. The maximum absolute atomic E-state index is 13.9. The lowest BCUT2D eigenvalue weighted by Crippen LogP contribution is -2.40. The third-order valence-electron chi connectivity index (χ3n) is 3.73. The molecule has 1 amide bonds. The number of halogens is 1. The number of benzene rings is 1. The molecular formula is C17H19FN2O2. The monoisotopic (exact) mass is 302 g/mol. The maximum Gasteiger partial charge on any atom is 0.260 e. The quantitative estimate of drug-likeness (QED) is 0.923. The van der Waals surface area contributed by atoms with Crippen LogP contribution in [0, 0.1) is 5.82 Å². The Morgan fingerprint density at radius 3 is 2.64 bits per heavy atom. The largest absolute Gasteiger partial charge is 0.331 e. The highest BCUT2D eigenvalue weighted by Gasteiger charge is 2.23. The van der Waals surface area contributed by atoms with Crippen LogP contribution in [0.1, 0.15) is 36.2 Å². The van der Waals surface area contributed by atoms with Gasteiger partial charge in [0.2, 0.25) is 0 Å². The first-order chi connectivity index (χ1) is 10.5. The van der Waals surface area contributed by atoms with Crippen LogP contribution in [0.15, 0.2) is 47.4 Å². The molecule has 0 bridgehead atoms. The number of H-pyrrole nitrogens is 1. The van der Waals surface area contributed by atoms with Crippen LogP contribution in [0.2, 0.25) is 0 Å². The van der Waals surface area contributed by atoms with E-state index in [1.807, 2.05) is 13.8 Å². The number of nitrogens with one attached hydrogen (secondary N) is 1. The molecule has 0 radical (unpaired) electrons. The van der Waals surface area contributed by atoms with Crippen molar-refractivity contribution in [2.24, 2.45) is 0 Å². The van der Waals surface area contributed by atoms with E-state index in [0.717, 1.165) is 0 Å². The number of hydrogen-bond acceptors (Lipinski definition) is 2. The molecule has 0 unspecified atom stereocenters. The Hall–Kier alpha value is -2.43. The number of amides is 1. The topological polar surface area (TPSA) is 53.2 Å². The Labute approximate surface area is 128 Å². The Bertz CT molecular complexity index is 712. The summed E-state index contributed by atoms with van der Waals surface area (Å²) in [6.45, 7) is 3.96. The van der Waals surface area contributed by atoms with Gasteiger partial charge in [-0.2, -0.15) is 0 Å². The fourth-order valence-electron chi connectivity index (χ4n) is 2.20. The van der Waals surface area contributed by atoms with E-state index in [2.05, 4.69) is 4.98 Å². The summed E-state index contributed by atoms with van der Waals surface area (Å²) in [6, 6.07) is 9.33. The molecule has 0 aliphatic carbocycles. The predicted octanol–water partition coefficient (Wildman–Crippen LogP) is 2.95. The molecule has 1 atom stereocenters. The van der Waals surface area contributed by atoms with Crippen molar-refractivity contribution >= 4 is 5.91 Å². The van der Waals surface area contributed by atoms with E-state index in [1.54, 1.807) is 24.3 Å². The average molecular weight is 302 g/mol. The van der Waals surface area contributed by atoms with Gasteiger partial charge in [-0.15, -0.1) is 0 Å². The van der Waals surface area contributed by atoms with E-state index >= 15 is 0 Å². The molecule has 0 aliphatic rings. The van der Waals surface area contributed by atoms with Gasteiger partial charge in [0, 0.05) is 24.3 Å². The minimum absolute atomic E-state index is 0.0686. The smallest absolute Gasteiger partial charge is 0.260 e. The second-order valence-corrected chi connectivity index (χ2v) is 5.19. The van der Waals surface area contributed by atoms with Crippen molar-refractivity contribution in [3.05, 3.63) is 69.9 Å². The summed E-state index contributed by atoms with van der Waals surface area (Å²) < 4.78 is 13.9. The van der Waals surface area contributed by atoms with Crippen molar-refractivity contribution < 1.29 is 9.18 Å². The molecule has 22 heavy (non-hydrogen) atoms. The van der Waals surface area contributed by atoms with Crippen molar-refractivity contribution in [3.8, 4) is 0 Å². The third-order valence-corrected chi connectivity index (χ3v) is 3.73. The Kier molecular flexibility index (Phi) is 5.09. The third kappa shape index (κ3) is 3.42. The number of aromatic amines is 1. The first-order valence-corrected chi connectivity index (χ1v) is 7.26. The second kappa shape index (κ2) is 7.02. The fraction of sp³-hybridized carbons (Fsp3) is 0.294. The molecule has 4 nitrogen and oxygen atoms in total. The Morgan fingerprint density at radius 2 is 2.00 bits per heavy atom.